The average Bonchev–Trinajstić information content (AvgIpc) is 2.42. The highest BCUT2D eigenvalue weighted by atomic mass is 16.6. The molecule has 24 heavy (non-hydrogen) atoms. The quantitative estimate of drug-likeness (QED) is 0.715. The monoisotopic (exact) mass is 338 g/mol. The van der Waals surface area contributed by atoms with Gasteiger partial charge in [0, 0.05) is 24.5 Å². The molecular formula is C18H28NO5-. The SMILES string of the molecule is CC(C)(C)OC(=O)N1CCC(/C=C/C(=O)C(C)(C)CC(=O)[O-])CC1. The number of rotatable bonds is 5. The average molecular weight is 338 g/mol. The third-order valence-electron chi connectivity index (χ3n) is 3.96. The Morgan fingerprint density at radius 3 is 2.12 bits per heavy atom. The molecule has 1 aliphatic heterocycles. The van der Waals surface area contributed by atoms with Gasteiger partial charge >= 0.3 is 6.09 Å². The van der Waals surface area contributed by atoms with Gasteiger partial charge in [0.1, 0.15) is 5.60 Å². The van der Waals surface area contributed by atoms with E-state index in [1.54, 1.807) is 18.7 Å². The second-order valence-corrected chi connectivity index (χ2v) is 7.96. The lowest BCUT2D eigenvalue weighted by molar-refractivity contribution is -0.307. The van der Waals surface area contributed by atoms with E-state index in [9.17, 15) is 19.5 Å². The lowest BCUT2D eigenvalue weighted by Gasteiger charge is -2.32. The Morgan fingerprint density at radius 1 is 1.12 bits per heavy atom. The number of carboxylic acid groups (broad SMARTS) is 1. The summed E-state index contributed by atoms with van der Waals surface area (Å²) >= 11 is 0. The molecule has 0 aromatic rings. The molecule has 0 bridgehead atoms. The number of aliphatic carboxylic acids is 1. The van der Waals surface area contributed by atoms with Gasteiger partial charge in [0.15, 0.2) is 5.78 Å². The molecule has 0 saturated carbocycles. The van der Waals surface area contributed by atoms with Crippen molar-refractivity contribution < 1.29 is 24.2 Å². The maximum absolute atomic E-state index is 12.1. The van der Waals surface area contributed by atoms with Crippen molar-refractivity contribution in [2.45, 2.75) is 59.5 Å². The van der Waals surface area contributed by atoms with Crippen molar-refractivity contribution in [3.05, 3.63) is 12.2 Å². The Kier molecular flexibility index (Phi) is 6.58. The normalized spacial score (nSPS) is 17.1. The molecule has 1 aliphatic rings. The van der Waals surface area contributed by atoms with Crippen LogP contribution in [0.25, 0.3) is 0 Å². The molecule has 0 aromatic carbocycles. The van der Waals surface area contributed by atoms with Crippen LogP contribution in [0.1, 0.15) is 53.9 Å². The van der Waals surface area contributed by atoms with Gasteiger partial charge < -0.3 is 19.5 Å². The minimum Gasteiger partial charge on any atom is -0.550 e. The molecule has 1 rings (SSSR count). The standard InChI is InChI=1S/C18H29NO5/c1-17(2,3)24-16(23)19-10-8-13(9-11-19)6-7-14(20)18(4,5)12-15(21)22/h6-7,13H,8-12H2,1-5H3,(H,21,22)/p-1/b7-6+. The summed E-state index contributed by atoms with van der Waals surface area (Å²) in [6.07, 6.45) is 4.19. The zero-order chi connectivity index (χ0) is 18.5. The minimum atomic E-state index is -1.23. The van der Waals surface area contributed by atoms with Crippen LogP contribution in [0.5, 0.6) is 0 Å². The van der Waals surface area contributed by atoms with E-state index in [0.717, 1.165) is 12.8 Å². The van der Waals surface area contributed by atoms with E-state index in [1.807, 2.05) is 26.8 Å². The summed E-state index contributed by atoms with van der Waals surface area (Å²) in [4.78, 5) is 36.5. The van der Waals surface area contributed by atoms with E-state index >= 15 is 0 Å². The zero-order valence-corrected chi connectivity index (χ0v) is 15.3. The topological polar surface area (TPSA) is 86.7 Å². The highest BCUT2D eigenvalue weighted by Crippen LogP contribution is 2.24. The fraction of sp³-hybridized carbons (Fsp3) is 0.722. The number of nitrogens with zero attached hydrogens (tertiary/aromatic N) is 1. The van der Waals surface area contributed by atoms with Gasteiger partial charge in [0.25, 0.3) is 0 Å². The molecule has 0 spiro atoms. The first-order valence-electron chi connectivity index (χ1n) is 8.31. The van der Waals surface area contributed by atoms with Crippen LogP contribution in [0.3, 0.4) is 0 Å². The van der Waals surface area contributed by atoms with E-state index in [-0.39, 0.29) is 24.2 Å². The number of piperidine rings is 1. The van der Waals surface area contributed by atoms with Crippen molar-refractivity contribution in [1.82, 2.24) is 4.90 Å². The summed E-state index contributed by atoms with van der Waals surface area (Å²) in [5, 5.41) is 10.7. The van der Waals surface area contributed by atoms with Crippen LogP contribution in [0.2, 0.25) is 0 Å². The summed E-state index contributed by atoms with van der Waals surface area (Å²) in [6, 6.07) is 0. The Bertz CT molecular complexity index is 508. The maximum Gasteiger partial charge on any atom is 0.410 e. The van der Waals surface area contributed by atoms with Gasteiger partial charge in [0.05, 0.1) is 0 Å². The maximum atomic E-state index is 12.1. The van der Waals surface area contributed by atoms with Crippen LogP contribution >= 0.6 is 0 Å². The first-order chi connectivity index (χ1) is 10.9. The predicted octanol–water partition coefficient (Wildman–Crippen LogP) is 1.92. The van der Waals surface area contributed by atoms with Crippen molar-refractivity contribution in [1.29, 1.82) is 0 Å². The van der Waals surface area contributed by atoms with Gasteiger partial charge in [-0.15, -0.1) is 0 Å². The fourth-order valence-corrected chi connectivity index (χ4v) is 2.50. The number of carbonyl (C=O) groups excluding carboxylic acids is 3. The lowest BCUT2D eigenvalue weighted by Crippen LogP contribution is -2.41. The van der Waals surface area contributed by atoms with Gasteiger partial charge in [-0.25, -0.2) is 4.79 Å². The van der Waals surface area contributed by atoms with Crippen molar-refractivity contribution in [2.24, 2.45) is 11.3 Å². The number of likely N-dealkylation sites (tertiary alicyclic amines) is 1. The van der Waals surface area contributed by atoms with E-state index in [1.165, 1.54) is 6.08 Å². The molecule has 1 heterocycles. The number of ether oxygens (including phenoxy) is 1. The molecule has 0 radical (unpaired) electrons. The summed E-state index contributed by atoms with van der Waals surface area (Å²) in [6.45, 7) is 9.86. The van der Waals surface area contributed by atoms with E-state index < -0.39 is 17.0 Å². The van der Waals surface area contributed by atoms with Gasteiger partial charge in [-0.05, 0) is 52.0 Å². The van der Waals surface area contributed by atoms with Crippen LogP contribution in [0.4, 0.5) is 4.79 Å². The Morgan fingerprint density at radius 2 is 1.67 bits per heavy atom. The number of hydrogen-bond acceptors (Lipinski definition) is 5. The molecule has 1 fully saturated rings. The summed E-state index contributed by atoms with van der Waals surface area (Å²) in [7, 11) is 0. The lowest BCUT2D eigenvalue weighted by atomic mass is 9.83. The molecule has 1 saturated heterocycles. The molecule has 0 aliphatic carbocycles. The van der Waals surface area contributed by atoms with E-state index in [4.69, 9.17) is 4.74 Å². The molecule has 0 atom stereocenters. The number of carbonyl (C=O) groups is 3. The summed E-state index contributed by atoms with van der Waals surface area (Å²) < 4.78 is 5.35. The molecule has 6 nitrogen and oxygen atoms in total. The number of ketones is 1. The van der Waals surface area contributed by atoms with Gasteiger partial charge in [-0.1, -0.05) is 19.9 Å². The van der Waals surface area contributed by atoms with Crippen molar-refractivity contribution in [3.8, 4) is 0 Å². The highest BCUT2D eigenvalue weighted by Gasteiger charge is 2.28. The second kappa shape index (κ2) is 7.81. The molecule has 0 aromatic heterocycles. The Balaban J connectivity index is 2.50. The van der Waals surface area contributed by atoms with Crippen LogP contribution < -0.4 is 5.11 Å². The first-order valence-corrected chi connectivity index (χ1v) is 8.31. The second-order valence-electron chi connectivity index (χ2n) is 7.96. The van der Waals surface area contributed by atoms with Crippen LogP contribution in [-0.4, -0.2) is 41.4 Å². The number of hydrogen-bond donors (Lipinski definition) is 0. The van der Waals surface area contributed by atoms with E-state index in [2.05, 4.69) is 0 Å². The molecule has 6 heteroatoms. The third-order valence-corrected chi connectivity index (χ3v) is 3.96. The van der Waals surface area contributed by atoms with Crippen molar-refractivity contribution in [3.63, 3.8) is 0 Å². The molecule has 136 valence electrons. The highest BCUT2D eigenvalue weighted by molar-refractivity contribution is 5.96. The zero-order valence-electron chi connectivity index (χ0n) is 15.3. The molecular weight excluding hydrogens is 310 g/mol. The van der Waals surface area contributed by atoms with Crippen LogP contribution in [0.15, 0.2) is 12.2 Å². The fourth-order valence-electron chi connectivity index (χ4n) is 2.50. The van der Waals surface area contributed by atoms with Gasteiger partial charge in [-0.2, -0.15) is 0 Å². The number of amides is 1. The van der Waals surface area contributed by atoms with E-state index in [0.29, 0.717) is 13.1 Å². The van der Waals surface area contributed by atoms with Crippen molar-refractivity contribution in [2.75, 3.05) is 13.1 Å². The smallest absolute Gasteiger partial charge is 0.410 e. The summed E-state index contributed by atoms with van der Waals surface area (Å²) in [5.41, 5.74) is -1.47. The van der Waals surface area contributed by atoms with Gasteiger partial charge in [0.2, 0.25) is 0 Å². The van der Waals surface area contributed by atoms with Crippen molar-refractivity contribution >= 4 is 17.8 Å². The van der Waals surface area contributed by atoms with Crippen LogP contribution in [-0.2, 0) is 14.3 Å². The molecule has 0 N–H and O–H groups in total. The third kappa shape index (κ3) is 6.72. The largest absolute Gasteiger partial charge is 0.550 e. The minimum absolute atomic E-state index is 0.200. The Hall–Kier alpha value is -1.85. The number of carboxylic acids is 1. The number of allylic oxidation sites excluding steroid dienone is 2. The Labute approximate surface area is 143 Å². The molecule has 1 amide bonds. The van der Waals surface area contributed by atoms with Crippen LogP contribution in [0, 0.1) is 11.3 Å². The summed E-state index contributed by atoms with van der Waals surface area (Å²) in [5.74, 6) is -1.25. The van der Waals surface area contributed by atoms with Gasteiger partial charge in [-0.3, -0.25) is 4.79 Å². The first kappa shape index (κ1) is 20.2. The molecule has 0 unspecified atom stereocenters. The predicted molar refractivity (Wildman–Crippen MR) is 88.1 cm³/mol.